The molecule has 2 unspecified atom stereocenters. The molecule has 0 spiro atoms. The largest absolute Gasteiger partial charge is 0.478 e. The van der Waals surface area contributed by atoms with Gasteiger partial charge in [-0.1, -0.05) is 11.8 Å². The van der Waals surface area contributed by atoms with E-state index in [1.54, 1.807) is 29.0 Å². The number of aromatic carboxylic acids is 1. The van der Waals surface area contributed by atoms with Gasteiger partial charge in [0.2, 0.25) is 11.0 Å². The molecular formula is C16H19BrN4O3S2. The molecule has 1 aromatic carbocycles. The number of benzene rings is 1. The Hall–Kier alpha value is -1.62. The summed E-state index contributed by atoms with van der Waals surface area (Å²) in [6.45, 7) is 3.52. The summed E-state index contributed by atoms with van der Waals surface area (Å²) in [5.74, 6) is -0.423. The number of carboxylic acid groups (broad SMARTS) is 1. The quantitative estimate of drug-likeness (QED) is 0.510. The maximum Gasteiger partial charge on any atom is 0.335 e. The average Bonchev–Trinajstić information content (AvgIpc) is 3.17. The van der Waals surface area contributed by atoms with E-state index < -0.39 is 11.1 Å². The van der Waals surface area contributed by atoms with E-state index in [0.717, 1.165) is 10.6 Å². The molecule has 1 aliphatic rings. The molecule has 1 aliphatic heterocycles. The van der Waals surface area contributed by atoms with E-state index >= 15 is 0 Å². The zero-order valence-electron chi connectivity index (χ0n) is 14.1. The van der Waals surface area contributed by atoms with E-state index in [0.29, 0.717) is 5.69 Å². The number of hydrogen-bond donors (Lipinski definition) is 4. The first kappa shape index (κ1) is 20.7. The van der Waals surface area contributed by atoms with Crippen LogP contribution in [0.5, 0.6) is 0 Å². The van der Waals surface area contributed by atoms with Crippen LogP contribution in [0.1, 0.15) is 29.1 Å². The zero-order chi connectivity index (χ0) is 18.1. The van der Waals surface area contributed by atoms with Crippen LogP contribution in [0.2, 0.25) is 0 Å². The number of carbonyl (C=O) groups excluding carboxylic acids is 1. The van der Waals surface area contributed by atoms with Crippen molar-refractivity contribution in [3.8, 4) is 0 Å². The molecule has 2 heterocycles. The molecule has 10 heteroatoms. The second kappa shape index (κ2) is 7.95. The fraction of sp³-hybridized carbons (Fsp3) is 0.312. The Labute approximate surface area is 169 Å². The lowest BCUT2D eigenvalue weighted by molar-refractivity contribution is -0.120. The lowest BCUT2D eigenvalue weighted by Gasteiger charge is -2.34. The smallest absolute Gasteiger partial charge is 0.335 e. The number of nitrogens with one attached hydrogen (secondary N) is 3. The maximum atomic E-state index is 11.7. The molecule has 0 bridgehead atoms. The van der Waals surface area contributed by atoms with Crippen LogP contribution in [0.15, 0.2) is 36.0 Å². The number of thiazole rings is 1. The SMILES string of the molecule is Br.CC(=O)NC1(Nc2ccc(C(=O)O)cc2)NC(C)(c2cncs2)CS1. The first-order valence-electron chi connectivity index (χ1n) is 7.54. The first-order valence-corrected chi connectivity index (χ1v) is 9.41. The molecule has 1 saturated heterocycles. The average molecular weight is 459 g/mol. The van der Waals surface area contributed by atoms with Gasteiger partial charge in [-0.15, -0.1) is 28.3 Å². The molecule has 1 aromatic heterocycles. The molecule has 0 aliphatic carbocycles. The molecule has 4 N–H and O–H groups in total. The molecule has 2 atom stereocenters. The van der Waals surface area contributed by atoms with E-state index in [9.17, 15) is 9.59 Å². The molecule has 26 heavy (non-hydrogen) atoms. The molecule has 0 radical (unpaired) electrons. The summed E-state index contributed by atoms with van der Waals surface area (Å²) >= 11 is 3.09. The fourth-order valence-corrected chi connectivity index (χ4v) is 4.92. The topological polar surface area (TPSA) is 103 Å². The highest BCUT2D eigenvalue weighted by atomic mass is 79.9. The van der Waals surface area contributed by atoms with Crippen molar-refractivity contribution >= 4 is 57.6 Å². The molecule has 1 amide bonds. The summed E-state index contributed by atoms with van der Waals surface area (Å²) in [5, 5.41) is 17.8. The van der Waals surface area contributed by atoms with Crippen molar-refractivity contribution < 1.29 is 14.7 Å². The lowest BCUT2D eigenvalue weighted by atomic mass is 10.0. The number of nitrogens with zero attached hydrogens (tertiary/aromatic N) is 1. The van der Waals surface area contributed by atoms with E-state index in [1.807, 2.05) is 6.20 Å². The Balaban J connectivity index is 0.00000243. The third-order valence-corrected chi connectivity index (χ3v) is 6.31. The number of rotatable bonds is 5. The van der Waals surface area contributed by atoms with Gasteiger partial charge in [0.1, 0.15) is 0 Å². The van der Waals surface area contributed by atoms with Gasteiger partial charge in [-0.3, -0.25) is 15.1 Å². The summed E-state index contributed by atoms with van der Waals surface area (Å²) in [6, 6.07) is 6.40. The molecule has 1 fully saturated rings. The maximum absolute atomic E-state index is 11.7. The van der Waals surface area contributed by atoms with Gasteiger partial charge in [0, 0.05) is 29.4 Å². The van der Waals surface area contributed by atoms with Crippen LogP contribution < -0.4 is 16.0 Å². The Morgan fingerprint density at radius 1 is 1.31 bits per heavy atom. The van der Waals surface area contributed by atoms with Gasteiger partial charge in [0.05, 0.1) is 16.6 Å². The number of aromatic nitrogens is 1. The summed E-state index contributed by atoms with van der Waals surface area (Å²) in [6.07, 6.45) is 1.82. The van der Waals surface area contributed by atoms with Crippen LogP contribution >= 0.6 is 40.1 Å². The minimum Gasteiger partial charge on any atom is -0.478 e. The molecule has 2 aromatic rings. The third-order valence-electron chi connectivity index (χ3n) is 3.81. The summed E-state index contributed by atoms with van der Waals surface area (Å²) in [7, 11) is 0. The second-order valence-corrected chi connectivity index (χ2v) is 8.06. The van der Waals surface area contributed by atoms with E-state index in [2.05, 4.69) is 27.9 Å². The zero-order valence-corrected chi connectivity index (χ0v) is 17.5. The predicted molar refractivity (Wildman–Crippen MR) is 109 cm³/mol. The van der Waals surface area contributed by atoms with E-state index in [1.165, 1.54) is 30.8 Å². The summed E-state index contributed by atoms with van der Waals surface area (Å²) in [4.78, 5) is 27.9. The first-order chi connectivity index (χ1) is 11.8. The normalized spacial score (nSPS) is 24.5. The summed E-state index contributed by atoms with van der Waals surface area (Å²) < 4.78 is 0. The van der Waals surface area contributed by atoms with E-state index in [4.69, 9.17) is 5.11 Å². The molecule has 3 rings (SSSR count). The number of carbonyl (C=O) groups is 2. The van der Waals surface area contributed by atoms with Crippen molar-refractivity contribution in [2.75, 3.05) is 11.1 Å². The number of anilines is 1. The van der Waals surface area contributed by atoms with Crippen molar-refractivity contribution in [3.63, 3.8) is 0 Å². The highest BCUT2D eigenvalue weighted by Gasteiger charge is 2.48. The van der Waals surface area contributed by atoms with Crippen LogP contribution in [0.25, 0.3) is 0 Å². The van der Waals surface area contributed by atoms with Crippen LogP contribution in [-0.4, -0.2) is 32.8 Å². The van der Waals surface area contributed by atoms with Crippen LogP contribution in [0, 0.1) is 0 Å². The predicted octanol–water partition coefficient (Wildman–Crippen LogP) is 2.83. The lowest BCUT2D eigenvalue weighted by Crippen LogP contribution is -2.61. The number of hydrogen-bond acceptors (Lipinski definition) is 7. The van der Waals surface area contributed by atoms with Crippen LogP contribution in [0.4, 0.5) is 5.69 Å². The van der Waals surface area contributed by atoms with Crippen molar-refractivity contribution in [2.45, 2.75) is 24.5 Å². The molecule has 7 nitrogen and oxygen atoms in total. The van der Waals surface area contributed by atoms with Crippen molar-refractivity contribution in [1.29, 1.82) is 0 Å². The minimum absolute atomic E-state index is 0. The molecule has 0 saturated carbocycles. The Kier molecular flexibility index (Phi) is 6.33. The third kappa shape index (κ3) is 4.37. The van der Waals surface area contributed by atoms with Crippen molar-refractivity contribution in [3.05, 3.63) is 46.4 Å². The van der Waals surface area contributed by atoms with Gasteiger partial charge in [-0.2, -0.15) is 0 Å². The molecular weight excluding hydrogens is 440 g/mol. The Morgan fingerprint density at radius 3 is 2.54 bits per heavy atom. The highest BCUT2D eigenvalue weighted by molar-refractivity contribution is 8.93. The van der Waals surface area contributed by atoms with Gasteiger partial charge in [0.15, 0.2) is 0 Å². The van der Waals surface area contributed by atoms with Crippen molar-refractivity contribution in [2.24, 2.45) is 0 Å². The fourth-order valence-electron chi connectivity index (χ4n) is 2.65. The standard InChI is InChI=1S/C16H18N4O3S2.BrH/c1-10(21)18-16(19-12-5-3-11(4-6-12)14(22)23)20-15(2,8-25-16)13-7-17-9-24-13;/h3-7,9,19-20H,8H2,1-2H3,(H,18,21)(H,22,23);1H. The number of carboxylic acids is 1. The monoisotopic (exact) mass is 458 g/mol. The Morgan fingerprint density at radius 2 is 2.00 bits per heavy atom. The van der Waals surface area contributed by atoms with E-state index in [-0.39, 0.29) is 34.0 Å². The number of halogens is 1. The number of amides is 1. The van der Waals surface area contributed by atoms with Gasteiger partial charge < -0.3 is 15.7 Å². The minimum atomic E-state index is -0.978. The van der Waals surface area contributed by atoms with Gasteiger partial charge in [-0.25, -0.2) is 4.79 Å². The second-order valence-electron chi connectivity index (χ2n) is 5.98. The highest BCUT2D eigenvalue weighted by Crippen LogP contribution is 2.41. The van der Waals surface area contributed by atoms with Gasteiger partial charge in [-0.05, 0) is 31.2 Å². The van der Waals surface area contributed by atoms with Gasteiger partial charge in [0.25, 0.3) is 0 Å². The Bertz CT molecular complexity index is 787. The van der Waals surface area contributed by atoms with Crippen LogP contribution in [0.3, 0.4) is 0 Å². The summed E-state index contributed by atoms with van der Waals surface area (Å²) in [5.41, 5.74) is 2.35. The van der Waals surface area contributed by atoms with Gasteiger partial charge >= 0.3 is 5.97 Å². The molecule has 140 valence electrons. The van der Waals surface area contributed by atoms with Crippen molar-refractivity contribution in [1.82, 2.24) is 15.6 Å². The number of thioether (sulfide) groups is 1. The van der Waals surface area contributed by atoms with Crippen LogP contribution in [-0.2, 0) is 10.3 Å².